The monoisotopic (exact) mass is 447 g/mol. The average Bonchev–Trinajstić information content (AvgIpc) is 1.00. The predicted octanol–water partition coefficient (Wildman–Crippen LogP) is -0.880. The Hall–Kier alpha value is 3.87. The minimum Gasteiger partial charge on any atom is 0 e. The molecule has 0 unspecified atom stereocenters. The third-order valence-electron chi connectivity index (χ3n) is 0. The molecule has 0 saturated heterocycles. The van der Waals surface area contributed by atoms with Crippen LogP contribution in [-0.2, 0) is 3.08 Å². The van der Waals surface area contributed by atoms with E-state index in [1.165, 1.54) is 0 Å². The maximum atomic E-state index is 8.34. The second kappa shape index (κ2) is 15.8. The van der Waals surface area contributed by atoms with Crippen LogP contribution in [-0.4, -0.2) is 80.7 Å². The topological polar surface area (TPSA) is 17.1 Å². The van der Waals surface area contributed by atoms with Crippen molar-refractivity contribution in [3.8, 4) is 0 Å². The van der Waals surface area contributed by atoms with E-state index in [1.807, 2.05) is 0 Å². The van der Waals surface area contributed by atoms with Crippen molar-refractivity contribution in [1.29, 1.82) is 0 Å². The molecule has 0 aromatic carbocycles. The summed E-state index contributed by atoms with van der Waals surface area (Å²) >= 11 is 0.300. The molecule has 0 amide bonds. The van der Waals surface area contributed by atoms with Crippen molar-refractivity contribution in [3.63, 3.8) is 0 Å². The van der Waals surface area contributed by atoms with E-state index in [0.717, 1.165) is 0 Å². The molecule has 4 heavy (non-hydrogen) atoms. The Bertz CT molecular complexity index is 8.00. The van der Waals surface area contributed by atoms with Gasteiger partial charge < -0.3 is 0 Å². The smallest absolute Gasteiger partial charge is 0 e. The maximum absolute atomic E-state index is 8.34. The van der Waals surface area contributed by atoms with Gasteiger partial charge in [0, 0.05) is 103 Å². The first kappa shape index (κ1) is 15.7. The van der Waals surface area contributed by atoms with Crippen LogP contribution in [0.3, 0.4) is 0 Å². The Balaban J connectivity index is -0.00000000500. The van der Waals surface area contributed by atoms with Crippen molar-refractivity contribution < 1.29 is 48.1 Å². The number of hydrogen-bond acceptors (Lipinski definition) is 1. The molecular weight excluding hydrogens is 446 g/mol. The summed E-state index contributed by atoms with van der Waals surface area (Å²) < 4.78 is 8.34. The van der Waals surface area contributed by atoms with E-state index in [4.69, 9.17) is 3.08 Å². The predicted molar refractivity (Wildman–Crippen MR) is 12.2 cm³/mol. The Morgan fingerprint density at radius 3 is 1.25 bits per heavy atom. The molecule has 13 valence electrons. The van der Waals surface area contributed by atoms with Crippen molar-refractivity contribution in [3.05, 3.63) is 0 Å². The fraction of sp³-hybridized carbons (Fsp3) is 0. The van der Waals surface area contributed by atoms with Gasteiger partial charge in [-0.3, -0.25) is 0 Å². The molecule has 0 saturated carbocycles. The standard InChI is InChI=1S/O.Ra.Rb.Sn. The molecule has 0 fully saturated rings. The van der Waals surface area contributed by atoms with E-state index in [2.05, 4.69) is 0 Å². The van der Waals surface area contributed by atoms with Crippen LogP contribution < -0.4 is 0 Å². The van der Waals surface area contributed by atoms with Crippen molar-refractivity contribution in [1.82, 2.24) is 0 Å². The van der Waals surface area contributed by atoms with Gasteiger partial charge in [0.15, 0.2) is 0 Å². The van der Waals surface area contributed by atoms with E-state index in [-0.39, 0.29) is 103 Å². The van der Waals surface area contributed by atoms with Crippen LogP contribution in [0.5, 0.6) is 0 Å². The first-order chi connectivity index (χ1) is 1.00. The van der Waals surface area contributed by atoms with Gasteiger partial charge in [-0.15, -0.1) is 0 Å². The Labute approximate surface area is 124 Å². The third-order valence-corrected chi connectivity index (χ3v) is 0. The molecule has 1 nitrogen and oxygen atoms in total. The summed E-state index contributed by atoms with van der Waals surface area (Å²) in [7, 11) is 0. The summed E-state index contributed by atoms with van der Waals surface area (Å²) in [5, 5.41) is 0. The summed E-state index contributed by atoms with van der Waals surface area (Å²) in [5.74, 6) is 0. The molecular formula is ORaRbSn. The first-order valence-electron chi connectivity index (χ1n) is 0.204. The van der Waals surface area contributed by atoms with E-state index in [0.29, 0.717) is 22.5 Å². The van der Waals surface area contributed by atoms with Gasteiger partial charge in [-0.05, 0) is 0 Å². The maximum Gasteiger partial charge on any atom is 0 e. The molecule has 0 heterocycles. The van der Waals surface area contributed by atoms with Gasteiger partial charge >= 0.3 is 25.6 Å². The molecule has 0 bridgehead atoms. The largest absolute Gasteiger partial charge is 0 e. The molecule has 0 aromatic heterocycles. The fourth-order valence-electron chi connectivity index (χ4n) is 0. The number of rotatable bonds is 0. The molecule has 0 N–H and O–H groups in total. The van der Waals surface area contributed by atoms with Crippen LogP contribution >= 0.6 is 0 Å². The number of hydrogen-bond donors (Lipinski definition) is 0. The third kappa shape index (κ3) is 9.30. The molecule has 0 spiro atoms. The summed E-state index contributed by atoms with van der Waals surface area (Å²) in [6.45, 7) is 0. The van der Waals surface area contributed by atoms with Gasteiger partial charge in [-0.2, -0.15) is 0 Å². The van der Waals surface area contributed by atoms with Gasteiger partial charge in [-0.25, -0.2) is 0 Å². The van der Waals surface area contributed by atoms with Crippen LogP contribution in [0.1, 0.15) is 0 Å². The van der Waals surface area contributed by atoms with Crippen molar-refractivity contribution in [2.75, 3.05) is 0 Å². The van der Waals surface area contributed by atoms with Crippen molar-refractivity contribution in [2.45, 2.75) is 0 Å². The zero-order valence-corrected chi connectivity index (χ0v) is 16.2. The van der Waals surface area contributed by atoms with E-state index in [1.54, 1.807) is 0 Å². The summed E-state index contributed by atoms with van der Waals surface area (Å²) in [6, 6.07) is 0. The Morgan fingerprint density at radius 2 is 1.25 bits per heavy atom. The molecule has 5 radical (unpaired) electrons. The summed E-state index contributed by atoms with van der Waals surface area (Å²) in [6.07, 6.45) is 0. The zero-order chi connectivity index (χ0) is 2.00. The fourth-order valence-corrected chi connectivity index (χ4v) is 0. The van der Waals surface area contributed by atoms with Crippen LogP contribution in [0.15, 0.2) is 0 Å². The first-order valence-corrected chi connectivity index (χ1v) is 1.37. The van der Waals surface area contributed by atoms with E-state index < -0.39 is 0 Å². The molecule has 0 aliphatic heterocycles. The van der Waals surface area contributed by atoms with E-state index >= 15 is 0 Å². The van der Waals surface area contributed by atoms with Crippen molar-refractivity contribution >= 4 is 80.7 Å². The molecule has 4 heteroatoms. The molecule has 0 rings (SSSR count). The molecule has 0 atom stereocenters. The second-order valence-corrected chi connectivity index (χ2v) is 0. The Kier molecular flexibility index (Phi) is 61.9. The van der Waals surface area contributed by atoms with Gasteiger partial charge in [0.1, 0.15) is 0 Å². The van der Waals surface area contributed by atoms with Crippen LogP contribution in [0.4, 0.5) is 0 Å². The minimum atomic E-state index is 0. The minimum absolute atomic E-state index is 0. The van der Waals surface area contributed by atoms with Crippen molar-refractivity contribution in [2.24, 2.45) is 0 Å². The summed E-state index contributed by atoms with van der Waals surface area (Å²) in [4.78, 5) is 0. The molecule has 0 aliphatic rings. The van der Waals surface area contributed by atoms with Crippen LogP contribution in [0, 0.1) is 45.0 Å². The zero-order valence-electron chi connectivity index (χ0n) is 2.62. The Morgan fingerprint density at radius 1 is 1.25 bits per heavy atom. The van der Waals surface area contributed by atoms with E-state index in [9.17, 15) is 0 Å². The second-order valence-electron chi connectivity index (χ2n) is 0. The molecule has 0 aromatic rings. The summed E-state index contributed by atoms with van der Waals surface area (Å²) in [5.41, 5.74) is 0. The van der Waals surface area contributed by atoms with Gasteiger partial charge in [0.2, 0.25) is 0 Å². The SMILES string of the molecule is [O]=[Sn].[Ra].[Rb]. The van der Waals surface area contributed by atoms with Crippen LogP contribution in [0.25, 0.3) is 0 Å². The average molecular weight is 446 g/mol. The van der Waals surface area contributed by atoms with Gasteiger partial charge in [0.25, 0.3) is 0 Å². The quantitative estimate of drug-likeness (QED) is 0.442. The van der Waals surface area contributed by atoms with Gasteiger partial charge in [0.05, 0.1) is 0 Å². The van der Waals surface area contributed by atoms with Gasteiger partial charge in [-0.1, -0.05) is 0 Å². The molecule has 0 aliphatic carbocycles. The normalized spacial score (nSPS) is 1.00. The van der Waals surface area contributed by atoms with Crippen LogP contribution in [0.2, 0.25) is 0 Å².